The quantitative estimate of drug-likeness (QED) is 0.481. The molecule has 7 heteroatoms. The lowest BCUT2D eigenvalue weighted by atomic mass is 10.0. The third-order valence-electron chi connectivity index (χ3n) is 5.72. The number of halogens is 2. The molecule has 0 spiro atoms. The van der Waals surface area contributed by atoms with Gasteiger partial charge in [-0.3, -0.25) is 9.59 Å². The van der Waals surface area contributed by atoms with Gasteiger partial charge in [-0.15, -0.1) is 11.3 Å². The summed E-state index contributed by atoms with van der Waals surface area (Å²) in [5.41, 5.74) is 0.687. The zero-order chi connectivity index (χ0) is 22.0. The minimum absolute atomic E-state index is 0.0296. The van der Waals surface area contributed by atoms with Gasteiger partial charge in [-0.25, -0.2) is 4.39 Å². The van der Waals surface area contributed by atoms with E-state index in [0.717, 1.165) is 19.3 Å². The number of carbonyl (C=O) groups excluding carboxylic acids is 2. The molecule has 1 aliphatic heterocycles. The van der Waals surface area contributed by atoms with Crippen molar-refractivity contribution in [3.8, 4) is 0 Å². The van der Waals surface area contributed by atoms with Crippen LogP contribution in [-0.2, 0) is 0 Å². The van der Waals surface area contributed by atoms with Crippen molar-refractivity contribution in [2.45, 2.75) is 32.2 Å². The Labute approximate surface area is 190 Å². The highest BCUT2D eigenvalue weighted by Gasteiger charge is 2.32. The fourth-order valence-electron chi connectivity index (χ4n) is 4.14. The number of fused-ring (bicyclic) bond motifs is 1. The smallest absolute Gasteiger partial charge is 0.265 e. The SMILES string of the molecule is CCCN(C(=O)c1sc2cc(F)ccc2c1Cl)C1CCN(C(=O)c2ccccc2)CC1. The number of piperidine rings is 1. The monoisotopic (exact) mass is 458 g/mol. The first-order chi connectivity index (χ1) is 15.0. The van der Waals surface area contributed by atoms with Crippen molar-refractivity contribution in [3.05, 3.63) is 69.8 Å². The molecule has 1 aromatic heterocycles. The number of nitrogens with zero attached hydrogens (tertiary/aromatic N) is 2. The zero-order valence-electron chi connectivity index (χ0n) is 17.3. The summed E-state index contributed by atoms with van der Waals surface area (Å²) < 4.78 is 14.3. The molecule has 31 heavy (non-hydrogen) atoms. The molecular weight excluding hydrogens is 435 g/mol. The van der Waals surface area contributed by atoms with Crippen LogP contribution in [0.15, 0.2) is 48.5 Å². The molecule has 0 radical (unpaired) electrons. The van der Waals surface area contributed by atoms with E-state index in [2.05, 4.69) is 0 Å². The Morgan fingerprint density at radius 3 is 2.55 bits per heavy atom. The van der Waals surface area contributed by atoms with Gasteiger partial charge in [-0.1, -0.05) is 36.7 Å². The van der Waals surface area contributed by atoms with Gasteiger partial charge in [-0.2, -0.15) is 0 Å². The molecule has 1 saturated heterocycles. The largest absolute Gasteiger partial charge is 0.338 e. The number of benzene rings is 2. The van der Waals surface area contributed by atoms with Gasteiger partial charge in [0.1, 0.15) is 10.7 Å². The second-order valence-electron chi connectivity index (χ2n) is 7.77. The average Bonchev–Trinajstić information content (AvgIpc) is 3.12. The summed E-state index contributed by atoms with van der Waals surface area (Å²) in [6.07, 6.45) is 2.27. The van der Waals surface area contributed by atoms with Gasteiger partial charge in [0.15, 0.2) is 0 Å². The standard InChI is InChI=1S/C24H24ClFN2O2S/c1-2-12-28(24(30)22-21(25)19-9-8-17(26)15-20(19)31-22)18-10-13-27(14-11-18)23(29)16-6-4-3-5-7-16/h3-9,15,18H,2,10-14H2,1H3. The topological polar surface area (TPSA) is 40.6 Å². The van der Waals surface area contributed by atoms with Crippen molar-refractivity contribution in [2.24, 2.45) is 0 Å². The lowest BCUT2D eigenvalue weighted by Gasteiger charge is -2.38. The van der Waals surface area contributed by atoms with Gasteiger partial charge in [-0.05, 0) is 49.6 Å². The molecule has 2 aromatic carbocycles. The first kappa shape index (κ1) is 21.8. The molecule has 2 amide bonds. The van der Waals surface area contributed by atoms with Crippen LogP contribution in [0.2, 0.25) is 5.02 Å². The van der Waals surface area contributed by atoms with E-state index in [1.54, 1.807) is 6.07 Å². The molecule has 0 N–H and O–H groups in total. The number of hydrogen-bond donors (Lipinski definition) is 0. The fraction of sp³-hybridized carbons (Fsp3) is 0.333. The zero-order valence-corrected chi connectivity index (χ0v) is 18.9. The number of carbonyl (C=O) groups is 2. The molecular formula is C24H24ClFN2O2S. The second-order valence-corrected chi connectivity index (χ2v) is 9.20. The molecule has 0 unspecified atom stereocenters. The van der Waals surface area contributed by atoms with E-state index < -0.39 is 0 Å². The van der Waals surface area contributed by atoms with Crippen molar-refractivity contribution in [2.75, 3.05) is 19.6 Å². The summed E-state index contributed by atoms with van der Waals surface area (Å²) in [4.78, 5) is 30.4. The normalized spacial score (nSPS) is 14.7. The third-order valence-corrected chi connectivity index (χ3v) is 7.37. The van der Waals surface area contributed by atoms with Crippen LogP contribution in [0.25, 0.3) is 10.1 Å². The lowest BCUT2D eigenvalue weighted by molar-refractivity contribution is 0.0522. The third kappa shape index (κ3) is 4.46. The van der Waals surface area contributed by atoms with Gasteiger partial charge < -0.3 is 9.80 Å². The van der Waals surface area contributed by atoms with Crippen LogP contribution in [0, 0.1) is 5.82 Å². The van der Waals surface area contributed by atoms with E-state index in [9.17, 15) is 14.0 Å². The molecule has 3 aromatic rings. The van der Waals surface area contributed by atoms with Crippen molar-refractivity contribution < 1.29 is 14.0 Å². The van der Waals surface area contributed by atoms with Crippen molar-refractivity contribution in [1.29, 1.82) is 0 Å². The maximum atomic E-state index is 13.6. The van der Waals surface area contributed by atoms with Crippen LogP contribution < -0.4 is 0 Å². The number of rotatable bonds is 5. The predicted molar refractivity (Wildman–Crippen MR) is 123 cm³/mol. The summed E-state index contributed by atoms with van der Waals surface area (Å²) >= 11 is 7.75. The Balaban J connectivity index is 1.50. The van der Waals surface area contributed by atoms with Crippen LogP contribution in [0.3, 0.4) is 0 Å². The van der Waals surface area contributed by atoms with E-state index >= 15 is 0 Å². The predicted octanol–water partition coefficient (Wildman–Crippen LogP) is 5.85. The van der Waals surface area contributed by atoms with Crippen molar-refractivity contribution >= 4 is 44.8 Å². The molecule has 4 nitrogen and oxygen atoms in total. The van der Waals surface area contributed by atoms with Crippen LogP contribution in [-0.4, -0.2) is 47.3 Å². The molecule has 0 bridgehead atoms. The van der Waals surface area contributed by atoms with Crippen LogP contribution >= 0.6 is 22.9 Å². The van der Waals surface area contributed by atoms with E-state index in [1.165, 1.54) is 23.5 Å². The van der Waals surface area contributed by atoms with Crippen LogP contribution in [0.1, 0.15) is 46.2 Å². The number of thiophene rings is 1. The Morgan fingerprint density at radius 1 is 1.16 bits per heavy atom. The Hall–Kier alpha value is -2.44. The summed E-state index contributed by atoms with van der Waals surface area (Å²) in [5.74, 6) is -0.423. The molecule has 1 fully saturated rings. The highest BCUT2D eigenvalue weighted by atomic mass is 35.5. The fourth-order valence-corrected chi connectivity index (χ4v) is 5.63. The Kier molecular flexibility index (Phi) is 6.58. The highest BCUT2D eigenvalue weighted by molar-refractivity contribution is 7.21. The summed E-state index contributed by atoms with van der Waals surface area (Å²) in [7, 11) is 0. The van der Waals surface area contributed by atoms with E-state index in [0.29, 0.717) is 45.2 Å². The van der Waals surface area contributed by atoms with Gasteiger partial charge in [0, 0.05) is 41.3 Å². The molecule has 4 rings (SSSR count). The van der Waals surface area contributed by atoms with Gasteiger partial charge in [0.2, 0.25) is 0 Å². The van der Waals surface area contributed by atoms with Crippen LogP contribution in [0.5, 0.6) is 0 Å². The van der Waals surface area contributed by atoms with Gasteiger partial charge >= 0.3 is 0 Å². The van der Waals surface area contributed by atoms with E-state index in [1.807, 2.05) is 47.1 Å². The maximum absolute atomic E-state index is 13.6. The number of amides is 2. The number of hydrogen-bond acceptors (Lipinski definition) is 3. The maximum Gasteiger partial charge on any atom is 0.265 e. The summed E-state index contributed by atoms with van der Waals surface area (Å²) in [5, 5.41) is 1.10. The second kappa shape index (κ2) is 9.37. The van der Waals surface area contributed by atoms with E-state index in [4.69, 9.17) is 11.6 Å². The minimum Gasteiger partial charge on any atom is -0.338 e. The van der Waals surface area contributed by atoms with Crippen LogP contribution in [0.4, 0.5) is 4.39 Å². The van der Waals surface area contributed by atoms with Gasteiger partial charge in [0.05, 0.1) is 5.02 Å². The Morgan fingerprint density at radius 2 is 1.87 bits per heavy atom. The first-order valence-electron chi connectivity index (χ1n) is 10.5. The first-order valence-corrected chi connectivity index (χ1v) is 11.7. The average molecular weight is 459 g/mol. The molecule has 2 heterocycles. The minimum atomic E-state index is -0.342. The van der Waals surface area contributed by atoms with Crippen molar-refractivity contribution in [1.82, 2.24) is 9.80 Å². The molecule has 1 aliphatic rings. The molecule has 162 valence electrons. The Bertz CT molecular complexity index is 1090. The highest BCUT2D eigenvalue weighted by Crippen LogP contribution is 2.37. The molecule has 0 aliphatic carbocycles. The van der Waals surface area contributed by atoms with E-state index in [-0.39, 0.29) is 23.7 Å². The number of likely N-dealkylation sites (tertiary alicyclic amines) is 1. The molecule has 0 atom stereocenters. The molecule has 0 saturated carbocycles. The van der Waals surface area contributed by atoms with Gasteiger partial charge in [0.25, 0.3) is 11.8 Å². The lowest BCUT2D eigenvalue weighted by Crippen LogP contribution is -2.49. The summed E-state index contributed by atoms with van der Waals surface area (Å²) in [6, 6.07) is 13.7. The van der Waals surface area contributed by atoms with Crippen molar-refractivity contribution in [3.63, 3.8) is 0 Å². The summed E-state index contributed by atoms with van der Waals surface area (Å²) in [6.45, 7) is 3.87.